The van der Waals surface area contributed by atoms with Crippen molar-refractivity contribution in [3.63, 3.8) is 0 Å². The zero-order chi connectivity index (χ0) is 18.8. The zero-order valence-corrected chi connectivity index (χ0v) is 15.4. The summed E-state index contributed by atoms with van der Waals surface area (Å²) in [6.45, 7) is 3.65. The maximum Gasteiger partial charge on any atom is 0.178 e. The van der Waals surface area contributed by atoms with Crippen LogP contribution in [0.25, 0.3) is 28.3 Å². The fourth-order valence-corrected chi connectivity index (χ4v) is 3.35. The SMILES string of the molecule is CC(=O)c1c(-c2cccc(C)c2)nc(-c2ccccc2)n1-c1ccccc1. The van der Waals surface area contributed by atoms with Gasteiger partial charge in [-0.3, -0.25) is 9.36 Å². The highest BCUT2D eigenvalue weighted by molar-refractivity contribution is 6.00. The highest BCUT2D eigenvalue weighted by atomic mass is 16.1. The van der Waals surface area contributed by atoms with Crippen LogP contribution in [0.1, 0.15) is 23.0 Å². The van der Waals surface area contributed by atoms with Crippen molar-refractivity contribution in [2.75, 3.05) is 0 Å². The van der Waals surface area contributed by atoms with Gasteiger partial charge in [0.05, 0.1) is 0 Å². The largest absolute Gasteiger partial charge is 0.293 e. The van der Waals surface area contributed by atoms with Crippen LogP contribution in [0, 0.1) is 6.92 Å². The molecule has 0 radical (unpaired) electrons. The number of aryl methyl sites for hydroxylation is 1. The van der Waals surface area contributed by atoms with E-state index in [9.17, 15) is 4.79 Å². The molecule has 0 aliphatic heterocycles. The summed E-state index contributed by atoms with van der Waals surface area (Å²) in [5.74, 6) is 0.758. The molecule has 0 saturated heterocycles. The molecule has 0 aliphatic rings. The van der Waals surface area contributed by atoms with Gasteiger partial charge in [0.25, 0.3) is 0 Å². The maximum atomic E-state index is 12.7. The Labute approximate surface area is 158 Å². The van der Waals surface area contributed by atoms with Gasteiger partial charge >= 0.3 is 0 Å². The van der Waals surface area contributed by atoms with Crippen LogP contribution in [0.4, 0.5) is 0 Å². The predicted octanol–water partition coefficient (Wildman–Crippen LogP) is 5.72. The van der Waals surface area contributed by atoms with Gasteiger partial charge < -0.3 is 0 Å². The van der Waals surface area contributed by atoms with Crippen molar-refractivity contribution < 1.29 is 4.79 Å². The first-order valence-electron chi connectivity index (χ1n) is 8.96. The molecule has 0 fully saturated rings. The second-order valence-corrected chi connectivity index (χ2v) is 6.60. The van der Waals surface area contributed by atoms with Crippen LogP contribution in [0.2, 0.25) is 0 Å². The summed E-state index contributed by atoms with van der Waals surface area (Å²) in [7, 11) is 0. The number of hydrogen-bond donors (Lipinski definition) is 0. The third kappa shape index (κ3) is 3.20. The Morgan fingerprint density at radius 1 is 0.815 bits per heavy atom. The predicted molar refractivity (Wildman–Crippen MR) is 109 cm³/mol. The number of aromatic nitrogens is 2. The number of imidazole rings is 1. The molecule has 3 nitrogen and oxygen atoms in total. The normalized spacial score (nSPS) is 10.7. The van der Waals surface area contributed by atoms with Gasteiger partial charge in [-0.05, 0) is 25.1 Å². The summed E-state index contributed by atoms with van der Waals surface area (Å²) in [5.41, 5.74) is 5.31. The van der Waals surface area contributed by atoms with E-state index in [0.717, 1.165) is 28.2 Å². The molecule has 0 unspecified atom stereocenters. The topological polar surface area (TPSA) is 34.9 Å². The minimum Gasteiger partial charge on any atom is -0.293 e. The Bertz CT molecular complexity index is 1100. The van der Waals surface area contributed by atoms with E-state index in [-0.39, 0.29) is 5.78 Å². The molecule has 0 amide bonds. The zero-order valence-electron chi connectivity index (χ0n) is 15.4. The van der Waals surface area contributed by atoms with E-state index >= 15 is 0 Å². The molecule has 0 bridgehead atoms. The lowest BCUT2D eigenvalue weighted by molar-refractivity contribution is 0.101. The van der Waals surface area contributed by atoms with Gasteiger partial charge in [0.1, 0.15) is 17.2 Å². The minimum atomic E-state index is -0.00922. The van der Waals surface area contributed by atoms with E-state index in [1.165, 1.54) is 0 Å². The molecule has 1 aromatic heterocycles. The molecule has 4 rings (SSSR count). The Morgan fingerprint density at radius 3 is 2.07 bits per heavy atom. The lowest BCUT2D eigenvalue weighted by Gasteiger charge is -2.11. The van der Waals surface area contributed by atoms with Crippen LogP contribution in [-0.2, 0) is 0 Å². The molecule has 0 aliphatic carbocycles. The van der Waals surface area contributed by atoms with Gasteiger partial charge in [-0.25, -0.2) is 4.98 Å². The number of ketones is 1. The van der Waals surface area contributed by atoms with Gasteiger partial charge in [0.15, 0.2) is 5.78 Å². The van der Waals surface area contributed by atoms with Crippen molar-refractivity contribution >= 4 is 5.78 Å². The van der Waals surface area contributed by atoms with E-state index in [1.54, 1.807) is 6.92 Å². The third-order valence-electron chi connectivity index (χ3n) is 4.55. The van der Waals surface area contributed by atoms with E-state index in [2.05, 4.69) is 6.07 Å². The quantitative estimate of drug-likeness (QED) is 0.440. The maximum absolute atomic E-state index is 12.7. The van der Waals surface area contributed by atoms with Crippen molar-refractivity contribution in [3.8, 4) is 28.3 Å². The average molecular weight is 352 g/mol. The highest BCUT2D eigenvalue weighted by Gasteiger charge is 2.23. The molecule has 1 heterocycles. The number of para-hydroxylation sites is 1. The summed E-state index contributed by atoms with van der Waals surface area (Å²) in [6.07, 6.45) is 0. The number of rotatable bonds is 4. The van der Waals surface area contributed by atoms with Crippen LogP contribution in [0.15, 0.2) is 84.9 Å². The standard InChI is InChI=1S/C24H20N2O/c1-17-10-9-13-20(16-17)22-23(18(2)27)26(21-14-7-4-8-15-21)24(25-22)19-11-5-3-6-12-19/h3-16H,1-2H3. The number of benzene rings is 3. The van der Waals surface area contributed by atoms with Crippen LogP contribution in [0.3, 0.4) is 0 Å². The van der Waals surface area contributed by atoms with Gasteiger partial charge in [-0.2, -0.15) is 0 Å². The lowest BCUT2D eigenvalue weighted by atomic mass is 10.1. The summed E-state index contributed by atoms with van der Waals surface area (Å²) in [4.78, 5) is 17.6. The molecule has 0 N–H and O–H groups in total. The van der Waals surface area contributed by atoms with Crippen molar-refractivity contribution in [2.24, 2.45) is 0 Å². The summed E-state index contributed by atoms with van der Waals surface area (Å²) < 4.78 is 1.97. The summed E-state index contributed by atoms with van der Waals surface area (Å²) >= 11 is 0. The number of Topliss-reactive ketones (excluding diaryl/α,β-unsaturated/α-hetero) is 1. The van der Waals surface area contributed by atoms with Gasteiger partial charge in [-0.15, -0.1) is 0 Å². The van der Waals surface area contributed by atoms with Crippen molar-refractivity contribution in [2.45, 2.75) is 13.8 Å². The molecule has 0 spiro atoms. The fourth-order valence-electron chi connectivity index (χ4n) is 3.35. The molecular formula is C24H20N2O. The molecule has 27 heavy (non-hydrogen) atoms. The Hall–Kier alpha value is -3.46. The molecule has 3 heteroatoms. The summed E-state index contributed by atoms with van der Waals surface area (Å²) in [5, 5.41) is 0. The van der Waals surface area contributed by atoms with Crippen LogP contribution < -0.4 is 0 Å². The van der Waals surface area contributed by atoms with Gasteiger partial charge in [-0.1, -0.05) is 72.3 Å². The van der Waals surface area contributed by atoms with Crippen molar-refractivity contribution in [1.29, 1.82) is 0 Å². The second kappa shape index (κ2) is 7.04. The Balaban J connectivity index is 2.07. The number of carbonyl (C=O) groups excluding carboxylic acids is 1. The van der Waals surface area contributed by atoms with Gasteiger partial charge in [0, 0.05) is 23.7 Å². The van der Waals surface area contributed by atoms with E-state index in [4.69, 9.17) is 4.98 Å². The van der Waals surface area contributed by atoms with Crippen LogP contribution in [-0.4, -0.2) is 15.3 Å². The second-order valence-electron chi connectivity index (χ2n) is 6.60. The Morgan fingerprint density at radius 2 is 1.44 bits per heavy atom. The third-order valence-corrected chi connectivity index (χ3v) is 4.55. The number of carbonyl (C=O) groups is 1. The monoisotopic (exact) mass is 352 g/mol. The Kier molecular flexibility index (Phi) is 4.43. The van der Waals surface area contributed by atoms with E-state index in [0.29, 0.717) is 11.4 Å². The van der Waals surface area contributed by atoms with E-state index < -0.39 is 0 Å². The highest BCUT2D eigenvalue weighted by Crippen LogP contribution is 2.32. The first-order valence-corrected chi connectivity index (χ1v) is 8.96. The average Bonchev–Trinajstić information content (AvgIpc) is 3.10. The van der Waals surface area contributed by atoms with Crippen LogP contribution >= 0.6 is 0 Å². The first kappa shape index (κ1) is 17.0. The first-order chi connectivity index (χ1) is 13.1. The molecule has 0 saturated carbocycles. The van der Waals surface area contributed by atoms with Crippen molar-refractivity contribution in [3.05, 3.63) is 96.2 Å². The van der Waals surface area contributed by atoms with Gasteiger partial charge in [0.2, 0.25) is 0 Å². The van der Waals surface area contributed by atoms with E-state index in [1.807, 2.05) is 90.4 Å². The van der Waals surface area contributed by atoms with Crippen molar-refractivity contribution in [1.82, 2.24) is 9.55 Å². The molecule has 3 aromatic carbocycles. The molecule has 4 aromatic rings. The summed E-state index contributed by atoms with van der Waals surface area (Å²) in [6, 6.07) is 28.0. The number of hydrogen-bond acceptors (Lipinski definition) is 2. The fraction of sp³-hybridized carbons (Fsp3) is 0.0833. The molecular weight excluding hydrogens is 332 g/mol. The number of nitrogens with zero attached hydrogens (tertiary/aromatic N) is 2. The van der Waals surface area contributed by atoms with Crippen LogP contribution in [0.5, 0.6) is 0 Å². The molecule has 0 atom stereocenters. The minimum absolute atomic E-state index is 0.00922. The lowest BCUT2D eigenvalue weighted by Crippen LogP contribution is -2.07. The smallest absolute Gasteiger partial charge is 0.178 e. The molecule has 132 valence electrons.